The molecule has 1 aromatic heterocycles. The summed E-state index contributed by atoms with van der Waals surface area (Å²) in [6, 6.07) is 13.3. The van der Waals surface area contributed by atoms with Crippen molar-refractivity contribution in [3.8, 4) is 17.2 Å². The van der Waals surface area contributed by atoms with Crippen LogP contribution in [0.25, 0.3) is 5.69 Å². The lowest BCUT2D eigenvalue weighted by molar-refractivity contribution is -0.113. The Kier molecular flexibility index (Phi) is 5.92. The Bertz CT molecular complexity index is 1100. The Labute approximate surface area is 184 Å². The highest BCUT2D eigenvalue weighted by atomic mass is 35.5. The maximum absolute atomic E-state index is 12.5. The Morgan fingerprint density at radius 2 is 2.10 bits per heavy atom. The number of nitrogens with one attached hydrogen (secondary N) is 1. The van der Waals surface area contributed by atoms with E-state index in [0.29, 0.717) is 34.7 Å². The quantitative estimate of drug-likeness (QED) is 0.600. The van der Waals surface area contributed by atoms with Gasteiger partial charge in [-0.3, -0.25) is 4.79 Å². The zero-order valence-corrected chi connectivity index (χ0v) is 18.5. The van der Waals surface area contributed by atoms with Crippen molar-refractivity contribution in [1.82, 2.24) is 9.78 Å². The van der Waals surface area contributed by atoms with Crippen molar-refractivity contribution in [1.29, 1.82) is 0 Å². The van der Waals surface area contributed by atoms with Gasteiger partial charge in [0.1, 0.15) is 5.82 Å². The van der Waals surface area contributed by atoms with Crippen molar-refractivity contribution < 1.29 is 14.3 Å². The Morgan fingerprint density at radius 1 is 1.27 bits per heavy atom. The lowest BCUT2D eigenvalue weighted by Crippen LogP contribution is -2.15. The number of halogens is 1. The van der Waals surface area contributed by atoms with Gasteiger partial charge >= 0.3 is 0 Å². The van der Waals surface area contributed by atoms with Crippen molar-refractivity contribution in [2.45, 2.75) is 19.1 Å². The number of ether oxygens (including phenoxy) is 2. The number of aromatic nitrogens is 2. The van der Waals surface area contributed by atoms with Crippen molar-refractivity contribution in [2.75, 3.05) is 24.8 Å². The van der Waals surface area contributed by atoms with Gasteiger partial charge in [0.25, 0.3) is 0 Å². The largest absolute Gasteiger partial charge is 0.493 e. The van der Waals surface area contributed by atoms with Crippen molar-refractivity contribution in [3.05, 3.63) is 64.3 Å². The number of anilines is 1. The van der Waals surface area contributed by atoms with E-state index in [-0.39, 0.29) is 11.2 Å². The smallest absolute Gasteiger partial charge is 0.235 e. The van der Waals surface area contributed by atoms with Gasteiger partial charge in [-0.25, -0.2) is 4.68 Å². The number of aryl methyl sites for hydroxylation is 1. The molecule has 2 aromatic carbocycles. The van der Waals surface area contributed by atoms with Gasteiger partial charge in [0, 0.05) is 10.6 Å². The van der Waals surface area contributed by atoms with E-state index in [1.807, 2.05) is 56.3 Å². The fraction of sp³-hybridized carbons (Fsp3) is 0.273. The summed E-state index contributed by atoms with van der Waals surface area (Å²) in [7, 11) is 1.63. The molecule has 0 radical (unpaired) electrons. The molecular weight excluding hydrogens is 422 g/mol. The summed E-state index contributed by atoms with van der Waals surface area (Å²) < 4.78 is 12.9. The number of amides is 1. The van der Waals surface area contributed by atoms with Gasteiger partial charge in [0.2, 0.25) is 5.91 Å². The molecule has 1 aliphatic heterocycles. The molecule has 4 rings (SSSR count). The summed E-state index contributed by atoms with van der Waals surface area (Å²) in [6.07, 6.45) is 0. The van der Waals surface area contributed by atoms with Gasteiger partial charge in [0.15, 0.2) is 11.5 Å². The predicted molar refractivity (Wildman–Crippen MR) is 120 cm³/mol. The number of rotatable bonds is 5. The molecule has 1 amide bonds. The maximum atomic E-state index is 12.5. The van der Waals surface area contributed by atoms with Crippen LogP contribution in [0.5, 0.6) is 11.5 Å². The number of nitrogens with zero attached hydrogens (tertiary/aromatic N) is 2. The second-order valence-electron chi connectivity index (χ2n) is 6.82. The van der Waals surface area contributed by atoms with Crippen LogP contribution < -0.4 is 14.8 Å². The van der Waals surface area contributed by atoms with E-state index in [1.165, 1.54) is 0 Å². The highest BCUT2D eigenvalue weighted by Gasteiger charge is 2.31. The SMILES string of the molecule is CCOc1ccc([C@@H]2SCC(=O)Nc3c2c(C)nn3-c2cccc(Cl)c2)cc1OC. The number of hydrogen-bond donors (Lipinski definition) is 1. The number of thioether (sulfide) groups is 1. The molecule has 0 saturated carbocycles. The number of methoxy groups -OCH3 is 1. The molecule has 156 valence electrons. The number of carbonyl (C=O) groups excluding carboxylic acids is 1. The van der Waals surface area contributed by atoms with Crippen LogP contribution in [0.3, 0.4) is 0 Å². The van der Waals surface area contributed by atoms with Gasteiger partial charge in [0.05, 0.1) is 36.1 Å². The van der Waals surface area contributed by atoms with Crippen LogP contribution in [0.1, 0.15) is 29.0 Å². The molecule has 1 atom stereocenters. The second kappa shape index (κ2) is 8.62. The minimum atomic E-state index is -0.0866. The van der Waals surface area contributed by atoms with Crippen molar-refractivity contribution >= 4 is 35.1 Å². The van der Waals surface area contributed by atoms with Gasteiger partial charge in [-0.1, -0.05) is 23.7 Å². The third kappa shape index (κ3) is 3.87. The van der Waals surface area contributed by atoms with Crippen LogP contribution in [0.2, 0.25) is 5.02 Å². The topological polar surface area (TPSA) is 65.4 Å². The first kappa shape index (κ1) is 20.6. The van der Waals surface area contributed by atoms with Gasteiger partial charge in [-0.05, 0) is 49.7 Å². The molecule has 0 saturated heterocycles. The Hall–Kier alpha value is -2.64. The van der Waals surface area contributed by atoms with Gasteiger partial charge in [-0.2, -0.15) is 5.10 Å². The molecule has 8 heteroatoms. The zero-order valence-electron chi connectivity index (χ0n) is 16.9. The molecule has 0 bridgehead atoms. The van der Waals surface area contributed by atoms with E-state index < -0.39 is 0 Å². The number of benzene rings is 2. The third-order valence-corrected chi connectivity index (χ3v) is 6.36. The lowest BCUT2D eigenvalue weighted by Gasteiger charge is -2.18. The normalized spacial score (nSPS) is 15.9. The number of fused-ring (bicyclic) bond motifs is 1. The van der Waals surface area contributed by atoms with Crippen LogP contribution in [0.4, 0.5) is 5.82 Å². The lowest BCUT2D eigenvalue weighted by atomic mass is 10.0. The first-order valence-corrected chi connectivity index (χ1v) is 11.0. The van der Waals surface area contributed by atoms with Crippen molar-refractivity contribution in [2.24, 2.45) is 0 Å². The molecule has 1 N–H and O–H groups in total. The van der Waals surface area contributed by atoms with E-state index in [4.69, 9.17) is 26.2 Å². The molecule has 3 aromatic rings. The standard InChI is InChI=1S/C22H22ClN3O3S/c1-4-29-17-9-8-14(10-18(17)28-3)21-20-13(2)25-26(16-7-5-6-15(23)11-16)22(20)24-19(27)12-30-21/h5-11,21H,4,12H2,1-3H3,(H,24,27)/t21-/m0/s1. The number of hydrogen-bond acceptors (Lipinski definition) is 5. The average Bonchev–Trinajstić information content (AvgIpc) is 2.94. The minimum Gasteiger partial charge on any atom is -0.493 e. The monoisotopic (exact) mass is 443 g/mol. The molecule has 30 heavy (non-hydrogen) atoms. The first-order chi connectivity index (χ1) is 14.5. The highest BCUT2D eigenvalue weighted by molar-refractivity contribution is 8.00. The van der Waals surface area contributed by atoms with Crippen LogP contribution in [0, 0.1) is 6.92 Å². The summed E-state index contributed by atoms with van der Waals surface area (Å²) in [5.74, 6) is 2.31. The number of carbonyl (C=O) groups is 1. The third-order valence-electron chi connectivity index (χ3n) is 4.85. The average molecular weight is 444 g/mol. The summed E-state index contributed by atoms with van der Waals surface area (Å²) in [4.78, 5) is 12.5. The fourth-order valence-corrected chi connectivity index (χ4v) is 4.93. The fourth-order valence-electron chi connectivity index (χ4n) is 3.56. The molecule has 6 nitrogen and oxygen atoms in total. The summed E-state index contributed by atoms with van der Waals surface area (Å²) in [5, 5.41) is 8.27. The van der Waals surface area contributed by atoms with E-state index >= 15 is 0 Å². The first-order valence-electron chi connectivity index (χ1n) is 9.59. The molecule has 1 aliphatic rings. The molecule has 0 spiro atoms. The maximum Gasteiger partial charge on any atom is 0.235 e. The van der Waals surface area contributed by atoms with Crippen molar-refractivity contribution in [3.63, 3.8) is 0 Å². The Balaban J connectivity index is 1.84. The van der Waals surface area contributed by atoms with Crippen LogP contribution in [-0.2, 0) is 4.79 Å². The molecular formula is C22H22ClN3O3S. The van der Waals surface area contributed by atoms with E-state index in [0.717, 1.165) is 22.5 Å². The Morgan fingerprint density at radius 3 is 2.83 bits per heavy atom. The zero-order chi connectivity index (χ0) is 21.3. The van der Waals surface area contributed by atoms with E-state index in [2.05, 4.69) is 5.32 Å². The van der Waals surface area contributed by atoms with Gasteiger partial charge < -0.3 is 14.8 Å². The van der Waals surface area contributed by atoms with E-state index in [9.17, 15) is 4.79 Å². The minimum absolute atomic E-state index is 0.0650. The molecule has 2 heterocycles. The predicted octanol–water partition coefficient (Wildman–Crippen LogP) is 5.02. The summed E-state index contributed by atoms with van der Waals surface area (Å²) in [6.45, 7) is 4.45. The van der Waals surface area contributed by atoms with Gasteiger partial charge in [-0.15, -0.1) is 11.8 Å². The van der Waals surface area contributed by atoms with Crippen LogP contribution in [0.15, 0.2) is 42.5 Å². The summed E-state index contributed by atoms with van der Waals surface area (Å²) >= 11 is 7.75. The summed E-state index contributed by atoms with van der Waals surface area (Å²) in [5.41, 5.74) is 3.63. The molecule has 0 unspecified atom stereocenters. The second-order valence-corrected chi connectivity index (χ2v) is 8.35. The molecule has 0 aliphatic carbocycles. The highest BCUT2D eigenvalue weighted by Crippen LogP contribution is 2.45. The molecule has 0 fully saturated rings. The van der Waals surface area contributed by atoms with Crippen LogP contribution >= 0.6 is 23.4 Å². The van der Waals surface area contributed by atoms with E-state index in [1.54, 1.807) is 23.6 Å². The van der Waals surface area contributed by atoms with Crippen LogP contribution in [-0.4, -0.2) is 35.2 Å².